The van der Waals surface area contributed by atoms with E-state index in [1.807, 2.05) is 30.2 Å². The van der Waals surface area contributed by atoms with Crippen molar-refractivity contribution in [1.29, 1.82) is 0 Å². The molecule has 4 heterocycles. The standard InChI is InChI=1S/C18H16N4O/c1-11-8-20-22-7-6-14(18(23)16(11)22)17-13-5-3-2-4-12(13)15-9-19-10-21(15)17/h2-5,8-10,14,17H,6-7H2,1H3/t14-,17+/m0/s1. The molecule has 0 saturated carbocycles. The predicted octanol–water partition coefficient (Wildman–Crippen LogP) is 2.86. The van der Waals surface area contributed by atoms with Gasteiger partial charge in [0.15, 0.2) is 5.78 Å². The molecule has 0 amide bonds. The Morgan fingerprint density at radius 3 is 3.00 bits per heavy atom. The number of rotatable bonds is 1. The lowest BCUT2D eigenvalue weighted by Crippen LogP contribution is -2.33. The maximum absolute atomic E-state index is 13.1. The van der Waals surface area contributed by atoms with Crippen LogP contribution < -0.4 is 0 Å². The summed E-state index contributed by atoms with van der Waals surface area (Å²) in [6.45, 7) is 2.76. The Bertz CT molecular complexity index is 936. The molecule has 0 spiro atoms. The molecule has 0 unspecified atom stereocenters. The molecule has 3 aromatic rings. The minimum atomic E-state index is -0.0606. The number of ketones is 1. The van der Waals surface area contributed by atoms with Gasteiger partial charge in [-0.15, -0.1) is 0 Å². The molecule has 5 heteroatoms. The monoisotopic (exact) mass is 304 g/mol. The quantitative estimate of drug-likeness (QED) is 0.694. The first-order valence-electron chi connectivity index (χ1n) is 7.93. The van der Waals surface area contributed by atoms with Crippen LogP contribution >= 0.6 is 0 Å². The van der Waals surface area contributed by atoms with Crippen LogP contribution in [0.2, 0.25) is 0 Å². The molecule has 0 aliphatic carbocycles. The van der Waals surface area contributed by atoms with Gasteiger partial charge in [0, 0.05) is 12.1 Å². The molecule has 114 valence electrons. The third-order valence-corrected chi connectivity index (χ3v) is 5.15. The summed E-state index contributed by atoms with van der Waals surface area (Å²) in [7, 11) is 0. The van der Waals surface area contributed by atoms with Gasteiger partial charge in [-0.05, 0) is 24.5 Å². The van der Waals surface area contributed by atoms with Gasteiger partial charge in [0.2, 0.25) is 0 Å². The van der Waals surface area contributed by atoms with Crippen LogP contribution in [0, 0.1) is 12.8 Å². The molecule has 0 radical (unpaired) electrons. The highest BCUT2D eigenvalue weighted by atomic mass is 16.1. The Labute approximate surface area is 133 Å². The van der Waals surface area contributed by atoms with E-state index in [0.717, 1.165) is 29.9 Å². The zero-order valence-electron chi connectivity index (χ0n) is 12.8. The zero-order chi connectivity index (χ0) is 15.6. The Kier molecular flexibility index (Phi) is 2.46. The lowest BCUT2D eigenvalue weighted by molar-refractivity contribution is 0.0839. The second kappa shape index (κ2) is 4.41. The smallest absolute Gasteiger partial charge is 0.186 e. The van der Waals surface area contributed by atoms with Crippen molar-refractivity contribution in [1.82, 2.24) is 19.3 Å². The minimum absolute atomic E-state index is 0.0410. The van der Waals surface area contributed by atoms with E-state index >= 15 is 0 Å². The molecule has 2 aliphatic heterocycles. The van der Waals surface area contributed by atoms with Crippen molar-refractivity contribution in [2.24, 2.45) is 5.92 Å². The molecule has 0 saturated heterocycles. The first kappa shape index (κ1) is 12.8. The van der Waals surface area contributed by atoms with E-state index in [1.54, 1.807) is 6.20 Å². The number of aromatic nitrogens is 4. The van der Waals surface area contributed by atoms with Gasteiger partial charge in [-0.3, -0.25) is 9.48 Å². The Balaban J connectivity index is 1.66. The van der Waals surface area contributed by atoms with Crippen molar-refractivity contribution in [2.75, 3.05) is 0 Å². The molecule has 0 N–H and O–H groups in total. The molecule has 23 heavy (non-hydrogen) atoms. The van der Waals surface area contributed by atoms with Crippen LogP contribution in [0.15, 0.2) is 43.0 Å². The van der Waals surface area contributed by atoms with Gasteiger partial charge < -0.3 is 4.57 Å². The topological polar surface area (TPSA) is 52.7 Å². The van der Waals surface area contributed by atoms with Crippen LogP contribution in [-0.2, 0) is 6.54 Å². The summed E-state index contributed by atoms with van der Waals surface area (Å²) in [6, 6.07) is 8.39. The Morgan fingerprint density at radius 2 is 2.09 bits per heavy atom. The second-order valence-corrected chi connectivity index (χ2v) is 6.38. The van der Waals surface area contributed by atoms with Gasteiger partial charge in [0.25, 0.3) is 0 Å². The van der Waals surface area contributed by atoms with Crippen molar-refractivity contribution in [2.45, 2.75) is 25.9 Å². The van der Waals surface area contributed by atoms with Gasteiger partial charge >= 0.3 is 0 Å². The number of hydrogen-bond acceptors (Lipinski definition) is 3. The van der Waals surface area contributed by atoms with E-state index in [0.29, 0.717) is 0 Å². The molecule has 5 rings (SSSR count). The van der Waals surface area contributed by atoms with Crippen molar-refractivity contribution in [3.05, 3.63) is 59.8 Å². The Morgan fingerprint density at radius 1 is 1.22 bits per heavy atom. The van der Waals surface area contributed by atoms with Crippen molar-refractivity contribution in [3.8, 4) is 11.3 Å². The fourth-order valence-electron chi connectivity index (χ4n) is 4.12. The summed E-state index contributed by atoms with van der Waals surface area (Å²) in [6.07, 6.45) is 6.35. The number of imidazole rings is 1. The first-order valence-corrected chi connectivity index (χ1v) is 7.93. The number of fused-ring (bicyclic) bond motifs is 4. The fourth-order valence-corrected chi connectivity index (χ4v) is 4.12. The highest BCUT2D eigenvalue weighted by Crippen LogP contribution is 2.45. The number of aryl methyl sites for hydroxylation is 2. The zero-order valence-corrected chi connectivity index (χ0v) is 12.8. The van der Waals surface area contributed by atoms with E-state index in [-0.39, 0.29) is 17.7 Å². The lowest BCUT2D eigenvalue weighted by atomic mass is 9.83. The summed E-state index contributed by atoms with van der Waals surface area (Å²) in [5.41, 5.74) is 5.27. The largest absolute Gasteiger partial charge is 0.322 e. The molecule has 2 atom stereocenters. The number of benzene rings is 1. The van der Waals surface area contributed by atoms with Crippen LogP contribution in [0.4, 0.5) is 0 Å². The van der Waals surface area contributed by atoms with E-state index < -0.39 is 0 Å². The van der Waals surface area contributed by atoms with E-state index in [4.69, 9.17) is 0 Å². The summed E-state index contributed by atoms with van der Waals surface area (Å²) >= 11 is 0. The summed E-state index contributed by atoms with van der Waals surface area (Å²) in [4.78, 5) is 17.4. The maximum Gasteiger partial charge on any atom is 0.186 e. The number of Topliss-reactive ketones (excluding diaryl/α,β-unsaturated/α-hetero) is 1. The van der Waals surface area contributed by atoms with Gasteiger partial charge in [0.1, 0.15) is 5.69 Å². The van der Waals surface area contributed by atoms with Gasteiger partial charge in [-0.2, -0.15) is 5.10 Å². The van der Waals surface area contributed by atoms with Crippen LogP contribution in [0.3, 0.4) is 0 Å². The number of carbonyl (C=O) groups excluding carboxylic acids is 1. The minimum Gasteiger partial charge on any atom is -0.322 e. The van der Waals surface area contributed by atoms with Gasteiger partial charge in [0.05, 0.1) is 36.4 Å². The Hall–Kier alpha value is -2.69. The van der Waals surface area contributed by atoms with Crippen LogP contribution in [0.25, 0.3) is 11.3 Å². The molecule has 5 nitrogen and oxygen atoms in total. The number of nitrogens with zero attached hydrogens (tertiary/aromatic N) is 4. The highest BCUT2D eigenvalue weighted by Gasteiger charge is 2.41. The SMILES string of the molecule is Cc1cnn2c1C(=O)[C@H]([C@H]1c3ccccc3-c3cncn31)CC2. The molecular weight excluding hydrogens is 288 g/mol. The summed E-state index contributed by atoms with van der Waals surface area (Å²) in [5, 5.41) is 4.32. The molecular formula is C18H16N4O. The van der Waals surface area contributed by atoms with Crippen molar-refractivity contribution < 1.29 is 4.79 Å². The molecule has 2 aliphatic rings. The summed E-state index contributed by atoms with van der Waals surface area (Å²) in [5.74, 6) is 0.141. The van der Waals surface area contributed by atoms with Gasteiger partial charge in [-0.1, -0.05) is 24.3 Å². The number of hydrogen-bond donors (Lipinski definition) is 0. The third kappa shape index (κ3) is 1.59. The summed E-state index contributed by atoms with van der Waals surface area (Å²) < 4.78 is 4.01. The maximum atomic E-state index is 13.1. The van der Waals surface area contributed by atoms with E-state index in [1.165, 1.54) is 11.1 Å². The van der Waals surface area contributed by atoms with E-state index in [2.05, 4.69) is 32.8 Å². The van der Waals surface area contributed by atoms with Crippen LogP contribution in [-0.4, -0.2) is 25.1 Å². The normalized spacial score (nSPS) is 21.9. The fraction of sp³-hybridized carbons (Fsp3) is 0.278. The molecule has 2 aromatic heterocycles. The molecule has 1 aromatic carbocycles. The van der Waals surface area contributed by atoms with Crippen molar-refractivity contribution in [3.63, 3.8) is 0 Å². The highest BCUT2D eigenvalue weighted by molar-refractivity contribution is 5.99. The van der Waals surface area contributed by atoms with Crippen LogP contribution in [0.5, 0.6) is 0 Å². The third-order valence-electron chi connectivity index (χ3n) is 5.15. The predicted molar refractivity (Wildman–Crippen MR) is 85.2 cm³/mol. The first-order chi connectivity index (χ1) is 11.3. The van der Waals surface area contributed by atoms with Crippen molar-refractivity contribution >= 4 is 5.78 Å². The second-order valence-electron chi connectivity index (χ2n) is 6.38. The lowest BCUT2D eigenvalue weighted by Gasteiger charge is -2.29. The average Bonchev–Trinajstić information content (AvgIpc) is 3.23. The average molecular weight is 304 g/mol. The number of carbonyl (C=O) groups is 1. The molecule has 0 fully saturated rings. The van der Waals surface area contributed by atoms with E-state index in [9.17, 15) is 4.79 Å². The van der Waals surface area contributed by atoms with Gasteiger partial charge in [-0.25, -0.2) is 4.98 Å². The van der Waals surface area contributed by atoms with Crippen LogP contribution in [0.1, 0.15) is 34.1 Å². The molecule has 0 bridgehead atoms.